The van der Waals surface area contributed by atoms with Gasteiger partial charge in [-0.25, -0.2) is 9.97 Å². The standard InChI is InChI=1S/C13H17F2N3O3S/c1-6-9(4-5-10(19)21-8(3)11(16)20)7(2)18-13(17-6)22-12(14)15/h8,12H,4-5H2,1-3H3,(H2,16,20)/t8-/m1/s1. The van der Waals surface area contributed by atoms with Crippen molar-refractivity contribution in [1.82, 2.24) is 9.97 Å². The van der Waals surface area contributed by atoms with E-state index < -0.39 is 23.7 Å². The van der Waals surface area contributed by atoms with Crippen LogP contribution in [0.25, 0.3) is 0 Å². The number of amides is 1. The maximum Gasteiger partial charge on any atom is 0.306 e. The normalized spacial score (nSPS) is 12.3. The summed E-state index contributed by atoms with van der Waals surface area (Å²) in [5.41, 5.74) is 6.76. The molecule has 0 saturated carbocycles. The number of primary amides is 1. The van der Waals surface area contributed by atoms with Gasteiger partial charge in [-0.15, -0.1) is 0 Å². The molecule has 1 atom stereocenters. The van der Waals surface area contributed by atoms with Gasteiger partial charge in [0, 0.05) is 17.8 Å². The Morgan fingerprint density at radius 1 is 1.27 bits per heavy atom. The molecule has 1 heterocycles. The smallest absolute Gasteiger partial charge is 0.306 e. The van der Waals surface area contributed by atoms with E-state index in [4.69, 9.17) is 10.5 Å². The molecule has 0 saturated heterocycles. The summed E-state index contributed by atoms with van der Waals surface area (Å²) >= 11 is 0.273. The number of alkyl halides is 2. The van der Waals surface area contributed by atoms with Crippen molar-refractivity contribution in [2.24, 2.45) is 5.73 Å². The van der Waals surface area contributed by atoms with Gasteiger partial charge in [-0.3, -0.25) is 9.59 Å². The minimum absolute atomic E-state index is 0.00122. The van der Waals surface area contributed by atoms with Crippen LogP contribution < -0.4 is 5.73 Å². The number of nitrogens with zero attached hydrogens (tertiary/aromatic N) is 2. The van der Waals surface area contributed by atoms with Crippen LogP contribution in [0.4, 0.5) is 8.78 Å². The summed E-state index contributed by atoms with van der Waals surface area (Å²) < 4.78 is 29.5. The molecule has 2 N–H and O–H groups in total. The van der Waals surface area contributed by atoms with Crippen molar-refractivity contribution in [3.05, 3.63) is 17.0 Å². The van der Waals surface area contributed by atoms with Crippen LogP contribution in [0.3, 0.4) is 0 Å². The quantitative estimate of drug-likeness (QED) is 0.464. The molecule has 0 radical (unpaired) electrons. The van der Waals surface area contributed by atoms with Gasteiger partial charge in [0.05, 0.1) is 0 Å². The molecule has 1 rings (SSSR count). The first kappa shape index (κ1) is 18.3. The highest BCUT2D eigenvalue weighted by molar-refractivity contribution is 7.99. The Balaban J connectivity index is 2.70. The van der Waals surface area contributed by atoms with Gasteiger partial charge >= 0.3 is 5.97 Å². The number of thioether (sulfide) groups is 1. The van der Waals surface area contributed by atoms with E-state index in [9.17, 15) is 18.4 Å². The van der Waals surface area contributed by atoms with Gasteiger partial charge in [-0.2, -0.15) is 8.78 Å². The molecule has 0 aliphatic heterocycles. The fourth-order valence-corrected chi connectivity index (χ4v) is 2.28. The number of esters is 1. The van der Waals surface area contributed by atoms with Gasteiger partial charge in [0.1, 0.15) is 0 Å². The van der Waals surface area contributed by atoms with Crippen molar-refractivity contribution in [3.8, 4) is 0 Å². The van der Waals surface area contributed by atoms with Gasteiger partial charge in [-0.1, -0.05) is 0 Å². The number of aromatic nitrogens is 2. The number of halogens is 2. The molecule has 0 aliphatic carbocycles. The molecule has 0 spiro atoms. The summed E-state index contributed by atoms with van der Waals surface area (Å²) in [7, 11) is 0. The lowest BCUT2D eigenvalue weighted by atomic mass is 10.1. The molecule has 0 bridgehead atoms. The van der Waals surface area contributed by atoms with Gasteiger partial charge in [0.15, 0.2) is 11.3 Å². The van der Waals surface area contributed by atoms with E-state index in [2.05, 4.69) is 9.97 Å². The fourth-order valence-electron chi connectivity index (χ4n) is 1.74. The zero-order chi connectivity index (χ0) is 16.9. The van der Waals surface area contributed by atoms with Crippen LogP contribution in [0.5, 0.6) is 0 Å². The van der Waals surface area contributed by atoms with Gasteiger partial charge in [-0.05, 0) is 44.5 Å². The number of ether oxygens (including phenoxy) is 1. The highest BCUT2D eigenvalue weighted by Gasteiger charge is 2.17. The molecular weight excluding hydrogens is 316 g/mol. The second-order valence-electron chi connectivity index (χ2n) is 4.57. The molecule has 0 aliphatic rings. The lowest BCUT2D eigenvalue weighted by Gasteiger charge is -2.12. The molecule has 6 nitrogen and oxygen atoms in total. The minimum Gasteiger partial charge on any atom is -0.453 e. The zero-order valence-corrected chi connectivity index (χ0v) is 13.2. The molecule has 9 heteroatoms. The van der Waals surface area contributed by atoms with E-state index in [0.717, 1.165) is 0 Å². The number of carbonyl (C=O) groups excluding carboxylic acids is 2. The van der Waals surface area contributed by atoms with Crippen molar-refractivity contribution in [2.45, 2.75) is 50.6 Å². The number of aryl methyl sites for hydroxylation is 2. The number of nitrogens with two attached hydrogens (primary N) is 1. The first-order valence-electron chi connectivity index (χ1n) is 6.48. The lowest BCUT2D eigenvalue weighted by Crippen LogP contribution is -2.30. The Kier molecular flexibility index (Phi) is 6.66. The molecule has 1 amide bonds. The van der Waals surface area contributed by atoms with Crippen molar-refractivity contribution in [1.29, 1.82) is 0 Å². The largest absolute Gasteiger partial charge is 0.453 e. The van der Waals surface area contributed by atoms with Crippen LogP contribution in [-0.4, -0.2) is 33.7 Å². The molecular formula is C13H17F2N3O3S. The van der Waals surface area contributed by atoms with E-state index in [1.54, 1.807) is 13.8 Å². The summed E-state index contributed by atoms with van der Waals surface area (Å²) in [5.74, 6) is -3.89. The van der Waals surface area contributed by atoms with Crippen LogP contribution >= 0.6 is 11.8 Å². The van der Waals surface area contributed by atoms with Crippen LogP contribution in [0.2, 0.25) is 0 Å². The van der Waals surface area contributed by atoms with E-state index in [0.29, 0.717) is 23.4 Å². The third-order valence-corrected chi connectivity index (χ3v) is 3.45. The molecule has 0 fully saturated rings. The van der Waals surface area contributed by atoms with Crippen molar-refractivity contribution in [2.75, 3.05) is 0 Å². The van der Waals surface area contributed by atoms with E-state index in [1.807, 2.05) is 0 Å². The van der Waals surface area contributed by atoms with Gasteiger partial charge in [0.25, 0.3) is 11.7 Å². The van der Waals surface area contributed by atoms with Crippen molar-refractivity contribution < 1.29 is 23.1 Å². The number of hydrogen-bond acceptors (Lipinski definition) is 6. The Morgan fingerprint density at radius 2 is 1.82 bits per heavy atom. The molecule has 1 aromatic heterocycles. The van der Waals surface area contributed by atoms with E-state index in [1.165, 1.54) is 6.92 Å². The van der Waals surface area contributed by atoms with E-state index >= 15 is 0 Å². The summed E-state index contributed by atoms with van der Waals surface area (Å²) in [5, 5.41) is -0.00122. The maximum absolute atomic E-state index is 12.3. The summed E-state index contributed by atoms with van der Waals surface area (Å²) in [4.78, 5) is 30.4. The minimum atomic E-state index is -2.59. The SMILES string of the molecule is Cc1nc(SC(F)F)nc(C)c1CCC(=O)O[C@H](C)C(N)=O. The van der Waals surface area contributed by atoms with Crippen LogP contribution in [-0.2, 0) is 20.7 Å². The van der Waals surface area contributed by atoms with Crippen LogP contribution in [0.1, 0.15) is 30.3 Å². The summed E-state index contributed by atoms with van der Waals surface area (Å²) in [6.45, 7) is 4.71. The molecule has 22 heavy (non-hydrogen) atoms. The average Bonchev–Trinajstić information content (AvgIpc) is 2.36. The fraction of sp³-hybridized carbons (Fsp3) is 0.538. The van der Waals surface area contributed by atoms with Crippen molar-refractivity contribution >= 4 is 23.6 Å². The first-order valence-corrected chi connectivity index (χ1v) is 7.36. The summed E-state index contributed by atoms with van der Waals surface area (Å²) in [6, 6.07) is 0. The zero-order valence-electron chi connectivity index (χ0n) is 12.4. The summed E-state index contributed by atoms with van der Waals surface area (Å²) in [6.07, 6.45) is -0.679. The van der Waals surface area contributed by atoms with Crippen LogP contribution in [0.15, 0.2) is 5.16 Å². The highest BCUT2D eigenvalue weighted by Crippen LogP contribution is 2.24. The average molecular weight is 333 g/mol. The lowest BCUT2D eigenvalue weighted by molar-refractivity contribution is -0.153. The number of rotatable bonds is 7. The Bertz CT molecular complexity index is 546. The Labute approximate surface area is 130 Å². The topological polar surface area (TPSA) is 95.2 Å². The molecule has 0 unspecified atom stereocenters. The van der Waals surface area contributed by atoms with E-state index in [-0.39, 0.29) is 23.3 Å². The predicted molar refractivity (Wildman–Crippen MR) is 76.4 cm³/mol. The number of carbonyl (C=O) groups is 2. The third-order valence-electron chi connectivity index (χ3n) is 2.88. The monoisotopic (exact) mass is 333 g/mol. The Hall–Kier alpha value is -1.77. The second kappa shape index (κ2) is 8.02. The molecule has 0 aromatic carbocycles. The van der Waals surface area contributed by atoms with Gasteiger partial charge < -0.3 is 10.5 Å². The molecule has 1 aromatic rings. The second-order valence-corrected chi connectivity index (χ2v) is 5.53. The first-order chi connectivity index (χ1) is 10.2. The maximum atomic E-state index is 12.3. The van der Waals surface area contributed by atoms with Gasteiger partial charge in [0.2, 0.25) is 0 Å². The third kappa shape index (κ3) is 5.55. The predicted octanol–water partition coefficient (Wildman–Crippen LogP) is 1.76. The Morgan fingerprint density at radius 3 is 2.27 bits per heavy atom. The molecule has 122 valence electrons. The van der Waals surface area contributed by atoms with Crippen molar-refractivity contribution in [3.63, 3.8) is 0 Å². The highest BCUT2D eigenvalue weighted by atomic mass is 32.2. The number of hydrogen-bond donors (Lipinski definition) is 1. The van der Waals surface area contributed by atoms with Crippen LogP contribution in [0, 0.1) is 13.8 Å².